The molecule has 0 rings (SSSR count). The van der Waals surface area contributed by atoms with Crippen LogP contribution in [0.2, 0.25) is 0 Å². The summed E-state index contributed by atoms with van der Waals surface area (Å²) in [5.74, 6) is 2.71. The molecule has 0 aliphatic carbocycles. The molecule has 0 aliphatic rings. The van der Waals surface area contributed by atoms with Crippen molar-refractivity contribution in [2.24, 2.45) is 0 Å². The molecule has 86 valence electrons. The second-order valence-corrected chi connectivity index (χ2v) is 4.12. The summed E-state index contributed by atoms with van der Waals surface area (Å²) in [5, 5.41) is 0. The molecule has 5 heteroatoms. The number of ether oxygens (including phenoxy) is 3. The molecule has 0 saturated carbocycles. The van der Waals surface area contributed by atoms with E-state index in [0.29, 0.717) is 32.3 Å². The first-order chi connectivity index (χ1) is 6.91. The largest absolute Gasteiger partial charge is 0.382 e. The Balaban J connectivity index is 2.78. The van der Waals surface area contributed by atoms with Gasteiger partial charge in [-0.3, -0.25) is 0 Å². The Labute approximate surface area is 95.4 Å². The zero-order valence-electron chi connectivity index (χ0n) is 8.67. The van der Waals surface area contributed by atoms with Gasteiger partial charge in [0.15, 0.2) is 0 Å². The van der Waals surface area contributed by atoms with Gasteiger partial charge in [0.1, 0.15) is 0 Å². The van der Waals surface area contributed by atoms with Gasteiger partial charge in [0.05, 0.1) is 33.0 Å². The van der Waals surface area contributed by atoms with E-state index in [1.54, 1.807) is 7.11 Å². The first-order valence-corrected chi connectivity index (χ1v) is 6.39. The maximum absolute atomic E-state index is 5.52. The Bertz CT molecular complexity index is 94.1. The number of hydrogen-bond donors (Lipinski definition) is 0. The molecule has 0 aromatic carbocycles. The summed E-state index contributed by atoms with van der Waals surface area (Å²) in [7, 11) is 1.66. The Hall–Kier alpha value is 0.520. The maximum atomic E-state index is 5.52. The predicted octanol–water partition coefficient (Wildman–Crippen LogP) is 1.64. The fourth-order valence-electron chi connectivity index (χ4n) is 0.739. The van der Waals surface area contributed by atoms with Crippen molar-refractivity contribution < 1.29 is 14.2 Å². The fraction of sp³-hybridized carbons (Fsp3) is 1.00. The maximum Gasteiger partial charge on any atom is 0.0701 e. The molecule has 0 N–H and O–H groups in total. The zero-order chi connectivity index (χ0) is 10.5. The molecule has 0 heterocycles. The topological polar surface area (TPSA) is 27.7 Å². The predicted molar refractivity (Wildman–Crippen MR) is 61.6 cm³/mol. The van der Waals surface area contributed by atoms with Gasteiger partial charge >= 0.3 is 0 Å². The molecule has 0 aromatic rings. The van der Waals surface area contributed by atoms with Crippen LogP contribution in [-0.4, -0.2) is 57.5 Å². The number of alkyl halides is 1. The number of thioether (sulfide) groups is 1. The second-order valence-electron chi connectivity index (χ2n) is 2.52. The van der Waals surface area contributed by atoms with E-state index < -0.39 is 0 Å². The highest BCUT2D eigenvalue weighted by molar-refractivity contribution is 7.99. The van der Waals surface area contributed by atoms with Crippen LogP contribution < -0.4 is 0 Å². The molecular weight excluding hydrogens is 224 g/mol. The molecule has 14 heavy (non-hydrogen) atoms. The van der Waals surface area contributed by atoms with Crippen LogP contribution in [0.3, 0.4) is 0 Å². The quantitative estimate of drug-likeness (QED) is 0.407. The van der Waals surface area contributed by atoms with Crippen LogP contribution in [0.15, 0.2) is 0 Å². The standard InChI is InChI=1S/C9H19ClO3S/c1-11-3-4-12-5-6-13-7-9-14-8-2-10/h2-9H2,1H3. The number of rotatable bonds is 11. The summed E-state index contributed by atoms with van der Waals surface area (Å²) in [5.41, 5.74) is 0. The lowest BCUT2D eigenvalue weighted by atomic mass is 10.7. The van der Waals surface area contributed by atoms with Crippen molar-refractivity contribution in [2.45, 2.75) is 0 Å². The van der Waals surface area contributed by atoms with Crippen LogP contribution in [0, 0.1) is 0 Å². The average Bonchev–Trinajstić information content (AvgIpc) is 2.21. The highest BCUT2D eigenvalue weighted by Crippen LogP contribution is 1.99. The minimum Gasteiger partial charge on any atom is -0.382 e. The summed E-state index contributed by atoms with van der Waals surface area (Å²) in [6.45, 7) is 3.36. The van der Waals surface area contributed by atoms with Gasteiger partial charge < -0.3 is 14.2 Å². The molecule has 0 aliphatic heterocycles. The van der Waals surface area contributed by atoms with Crippen LogP contribution in [0.1, 0.15) is 0 Å². The highest BCUT2D eigenvalue weighted by atomic mass is 35.5. The van der Waals surface area contributed by atoms with Gasteiger partial charge in [0.25, 0.3) is 0 Å². The van der Waals surface area contributed by atoms with Crippen molar-refractivity contribution in [1.82, 2.24) is 0 Å². The van der Waals surface area contributed by atoms with E-state index in [1.165, 1.54) is 0 Å². The number of hydrogen-bond acceptors (Lipinski definition) is 4. The van der Waals surface area contributed by atoms with E-state index in [2.05, 4.69) is 0 Å². The Kier molecular flexibility index (Phi) is 14.0. The smallest absolute Gasteiger partial charge is 0.0701 e. The van der Waals surface area contributed by atoms with Gasteiger partial charge in [0.2, 0.25) is 0 Å². The van der Waals surface area contributed by atoms with Gasteiger partial charge in [-0.1, -0.05) is 0 Å². The van der Waals surface area contributed by atoms with Crippen molar-refractivity contribution in [1.29, 1.82) is 0 Å². The highest BCUT2D eigenvalue weighted by Gasteiger charge is 1.91. The summed E-state index contributed by atoms with van der Waals surface area (Å²) in [6.07, 6.45) is 0. The molecule has 0 unspecified atom stereocenters. The van der Waals surface area contributed by atoms with E-state index in [4.69, 9.17) is 25.8 Å². The lowest BCUT2D eigenvalue weighted by Gasteiger charge is -2.04. The summed E-state index contributed by atoms with van der Waals surface area (Å²) in [4.78, 5) is 0. The normalized spacial score (nSPS) is 10.7. The molecule has 0 bridgehead atoms. The molecule has 0 saturated heterocycles. The van der Waals surface area contributed by atoms with Crippen LogP contribution in [-0.2, 0) is 14.2 Å². The molecule has 0 spiro atoms. The molecule has 0 amide bonds. The summed E-state index contributed by atoms with van der Waals surface area (Å²) in [6, 6.07) is 0. The van der Waals surface area contributed by atoms with Gasteiger partial charge in [0, 0.05) is 24.5 Å². The van der Waals surface area contributed by atoms with E-state index in [1.807, 2.05) is 11.8 Å². The SMILES string of the molecule is COCCOCCOCCSCCCl. The average molecular weight is 243 g/mol. The summed E-state index contributed by atoms with van der Waals surface area (Å²) < 4.78 is 15.4. The molecule has 0 atom stereocenters. The molecule has 0 aromatic heterocycles. The number of methoxy groups -OCH3 is 1. The fourth-order valence-corrected chi connectivity index (χ4v) is 1.61. The van der Waals surface area contributed by atoms with Gasteiger partial charge in [-0.2, -0.15) is 11.8 Å². The van der Waals surface area contributed by atoms with Crippen LogP contribution in [0.4, 0.5) is 0 Å². The Morgan fingerprint density at radius 3 is 2.21 bits per heavy atom. The van der Waals surface area contributed by atoms with Crippen LogP contribution in [0.5, 0.6) is 0 Å². The van der Waals surface area contributed by atoms with E-state index in [-0.39, 0.29) is 0 Å². The van der Waals surface area contributed by atoms with E-state index in [0.717, 1.165) is 18.1 Å². The van der Waals surface area contributed by atoms with E-state index >= 15 is 0 Å². The van der Waals surface area contributed by atoms with Crippen molar-refractivity contribution >= 4 is 23.4 Å². The number of halogens is 1. The summed E-state index contributed by atoms with van der Waals surface area (Å²) >= 11 is 7.33. The lowest BCUT2D eigenvalue weighted by Crippen LogP contribution is -2.09. The van der Waals surface area contributed by atoms with Gasteiger partial charge in [-0.15, -0.1) is 11.6 Å². The van der Waals surface area contributed by atoms with Crippen molar-refractivity contribution in [3.05, 3.63) is 0 Å². The third-order valence-corrected chi connectivity index (χ3v) is 2.76. The molecule has 0 fully saturated rings. The third kappa shape index (κ3) is 12.5. The van der Waals surface area contributed by atoms with Crippen molar-refractivity contribution in [3.63, 3.8) is 0 Å². The van der Waals surface area contributed by atoms with Crippen LogP contribution >= 0.6 is 23.4 Å². The first-order valence-electron chi connectivity index (χ1n) is 4.70. The van der Waals surface area contributed by atoms with Crippen molar-refractivity contribution in [3.8, 4) is 0 Å². The minimum absolute atomic E-state index is 0.640. The van der Waals surface area contributed by atoms with Crippen molar-refractivity contribution in [2.75, 3.05) is 57.5 Å². The molecule has 0 radical (unpaired) electrons. The zero-order valence-corrected chi connectivity index (χ0v) is 10.2. The molecule has 3 nitrogen and oxygen atoms in total. The Morgan fingerprint density at radius 2 is 1.57 bits per heavy atom. The Morgan fingerprint density at radius 1 is 0.929 bits per heavy atom. The van der Waals surface area contributed by atoms with Gasteiger partial charge in [-0.05, 0) is 0 Å². The minimum atomic E-state index is 0.640. The van der Waals surface area contributed by atoms with Gasteiger partial charge in [-0.25, -0.2) is 0 Å². The lowest BCUT2D eigenvalue weighted by molar-refractivity contribution is 0.0286. The third-order valence-electron chi connectivity index (χ3n) is 1.40. The molecular formula is C9H19ClO3S. The van der Waals surface area contributed by atoms with E-state index in [9.17, 15) is 0 Å². The first kappa shape index (κ1) is 14.5. The second kappa shape index (κ2) is 13.5. The monoisotopic (exact) mass is 242 g/mol. The van der Waals surface area contributed by atoms with Crippen LogP contribution in [0.25, 0.3) is 0 Å².